The number of hydrogen-bond acceptors (Lipinski definition) is 6. The number of methoxy groups -OCH3 is 1. The zero-order valence-corrected chi connectivity index (χ0v) is 26.6. The Bertz CT molecular complexity index is 1880. The van der Waals surface area contributed by atoms with Crippen LogP contribution in [0.15, 0.2) is 101 Å². The molecule has 0 unspecified atom stereocenters. The zero-order chi connectivity index (χ0) is 31.5. The molecule has 0 fully saturated rings. The van der Waals surface area contributed by atoms with Crippen LogP contribution in [0.1, 0.15) is 16.7 Å². The van der Waals surface area contributed by atoms with E-state index in [0.29, 0.717) is 40.6 Å². The minimum atomic E-state index is -4.06. The molecule has 4 aromatic carbocycles. The van der Waals surface area contributed by atoms with Crippen molar-refractivity contribution in [1.82, 2.24) is 4.31 Å². The monoisotopic (exact) mass is 653 g/mol. The molecule has 1 amide bonds. The van der Waals surface area contributed by atoms with Gasteiger partial charge in [-0.2, -0.15) is 4.31 Å². The van der Waals surface area contributed by atoms with Crippen molar-refractivity contribution in [2.75, 3.05) is 36.4 Å². The second kappa shape index (κ2) is 13.0. The minimum Gasteiger partial charge on any atom is -0.496 e. The molecule has 0 radical (unpaired) electrons. The van der Waals surface area contributed by atoms with Crippen LogP contribution in [-0.2, 0) is 37.7 Å². The summed E-state index contributed by atoms with van der Waals surface area (Å²) in [5, 5.41) is 3.20. The van der Waals surface area contributed by atoms with Crippen molar-refractivity contribution in [2.45, 2.75) is 29.6 Å². The summed E-state index contributed by atoms with van der Waals surface area (Å²) in [6.45, 7) is 1.64. The van der Waals surface area contributed by atoms with Crippen LogP contribution in [-0.4, -0.2) is 53.8 Å². The standard InChI is InChI=1S/C32H32ClN3O6S2/c1-23-20-29(14-15-31(23)42-2)43(38,39)35(18-16-24-6-4-3-5-7-24)22-32(37)34-27-11-8-25-17-19-36(30(25)21-27)44(40,41)28-12-9-26(33)10-13-28/h3-15,20-21H,16-19,22H2,1-2H3,(H,34,37). The third-order valence-electron chi connectivity index (χ3n) is 7.44. The highest BCUT2D eigenvalue weighted by Crippen LogP contribution is 2.35. The van der Waals surface area contributed by atoms with Crippen molar-refractivity contribution < 1.29 is 26.4 Å². The Kier molecular flexibility index (Phi) is 9.31. The topological polar surface area (TPSA) is 113 Å². The Morgan fingerprint density at radius 2 is 1.64 bits per heavy atom. The van der Waals surface area contributed by atoms with Crippen LogP contribution in [0, 0.1) is 6.92 Å². The molecule has 1 heterocycles. The van der Waals surface area contributed by atoms with Gasteiger partial charge in [-0.3, -0.25) is 9.10 Å². The van der Waals surface area contributed by atoms with E-state index in [0.717, 1.165) is 15.4 Å². The summed E-state index contributed by atoms with van der Waals surface area (Å²) in [5.74, 6) is -0.00168. The molecule has 1 aliphatic rings. The van der Waals surface area contributed by atoms with Gasteiger partial charge in [-0.1, -0.05) is 48.0 Å². The van der Waals surface area contributed by atoms with E-state index in [1.807, 2.05) is 30.3 Å². The number of fused-ring (bicyclic) bond motifs is 1. The lowest BCUT2D eigenvalue weighted by molar-refractivity contribution is -0.116. The van der Waals surface area contributed by atoms with Gasteiger partial charge in [-0.25, -0.2) is 16.8 Å². The molecule has 230 valence electrons. The fourth-order valence-electron chi connectivity index (χ4n) is 5.11. The number of nitrogens with one attached hydrogen (secondary N) is 1. The minimum absolute atomic E-state index is 0.0530. The highest BCUT2D eigenvalue weighted by Gasteiger charge is 2.32. The number of halogens is 1. The van der Waals surface area contributed by atoms with Gasteiger partial charge in [-0.05, 0) is 91.1 Å². The van der Waals surface area contributed by atoms with Crippen molar-refractivity contribution in [3.63, 3.8) is 0 Å². The number of aryl methyl sites for hydroxylation is 1. The van der Waals surface area contributed by atoms with Crippen molar-refractivity contribution in [3.8, 4) is 5.75 Å². The number of hydrogen-bond donors (Lipinski definition) is 1. The van der Waals surface area contributed by atoms with Gasteiger partial charge in [0, 0.05) is 23.8 Å². The average Bonchev–Trinajstić information content (AvgIpc) is 3.44. The highest BCUT2D eigenvalue weighted by molar-refractivity contribution is 7.92. The van der Waals surface area contributed by atoms with Crippen molar-refractivity contribution >= 4 is 48.9 Å². The maximum Gasteiger partial charge on any atom is 0.264 e. The SMILES string of the molecule is COc1ccc(S(=O)(=O)N(CCc2ccccc2)CC(=O)Nc2ccc3c(c2)N(S(=O)(=O)c2ccc(Cl)cc2)CC3)cc1C. The molecule has 0 saturated heterocycles. The van der Waals surface area contributed by atoms with E-state index in [1.54, 1.807) is 31.2 Å². The summed E-state index contributed by atoms with van der Waals surface area (Å²) in [6.07, 6.45) is 0.919. The normalized spacial score (nSPS) is 13.1. The van der Waals surface area contributed by atoms with Crippen LogP contribution >= 0.6 is 11.6 Å². The van der Waals surface area contributed by atoms with Crippen molar-refractivity contribution in [1.29, 1.82) is 0 Å². The number of carbonyl (C=O) groups is 1. The molecule has 0 atom stereocenters. The quantitative estimate of drug-likeness (QED) is 0.236. The Morgan fingerprint density at radius 1 is 0.932 bits per heavy atom. The van der Waals surface area contributed by atoms with E-state index >= 15 is 0 Å². The van der Waals surface area contributed by atoms with E-state index in [4.69, 9.17) is 16.3 Å². The van der Waals surface area contributed by atoms with E-state index in [9.17, 15) is 21.6 Å². The van der Waals surface area contributed by atoms with Crippen LogP contribution < -0.4 is 14.4 Å². The number of rotatable bonds is 11. The molecule has 44 heavy (non-hydrogen) atoms. The van der Waals surface area contributed by atoms with Gasteiger partial charge in [-0.15, -0.1) is 0 Å². The highest BCUT2D eigenvalue weighted by atomic mass is 35.5. The first-order valence-electron chi connectivity index (χ1n) is 13.9. The first-order chi connectivity index (χ1) is 21.0. The summed E-state index contributed by atoms with van der Waals surface area (Å²) < 4.78 is 62.1. The summed E-state index contributed by atoms with van der Waals surface area (Å²) >= 11 is 5.95. The number of carbonyl (C=O) groups excluding carboxylic acids is 1. The maximum absolute atomic E-state index is 13.8. The van der Waals surface area contributed by atoms with Crippen LogP contribution in [0.3, 0.4) is 0 Å². The Hall–Kier alpha value is -3.90. The molecule has 1 N–H and O–H groups in total. The summed E-state index contributed by atoms with van der Waals surface area (Å²) in [6, 6.07) is 25.0. The molecule has 5 rings (SSSR count). The lowest BCUT2D eigenvalue weighted by Crippen LogP contribution is -2.39. The Balaban J connectivity index is 1.37. The molecule has 0 aromatic heterocycles. The van der Waals surface area contributed by atoms with E-state index in [-0.39, 0.29) is 22.9 Å². The number of nitrogens with zero attached hydrogens (tertiary/aromatic N) is 2. The fraction of sp³-hybridized carbons (Fsp3) is 0.219. The fourth-order valence-corrected chi connectivity index (χ4v) is 8.22. The molecule has 12 heteroatoms. The molecule has 0 saturated carbocycles. The first-order valence-corrected chi connectivity index (χ1v) is 17.1. The van der Waals surface area contributed by atoms with Gasteiger partial charge in [0.1, 0.15) is 5.75 Å². The molecule has 1 aliphatic heterocycles. The summed E-state index contributed by atoms with van der Waals surface area (Å²) in [4.78, 5) is 13.5. The number of ether oxygens (including phenoxy) is 1. The molecule has 4 aromatic rings. The lowest BCUT2D eigenvalue weighted by Gasteiger charge is -2.23. The van der Waals surface area contributed by atoms with Gasteiger partial charge < -0.3 is 10.1 Å². The number of amides is 1. The van der Waals surface area contributed by atoms with Crippen LogP contribution in [0.2, 0.25) is 5.02 Å². The second-order valence-electron chi connectivity index (χ2n) is 10.4. The largest absolute Gasteiger partial charge is 0.496 e. The predicted molar refractivity (Wildman–Crippen MR) is 171 cm³/mol. The average molecular weight is 654 g/mol. The Morgan fingerprint density at radius 3 is 2.32 bits per heavy atom. The third-order valence-corrected chi connectivity index (χ3v) is 11.4. The second-order valence-corrected chi connectivity index (χ2v) is 14.6. The van der Waals surface area contributed by atoms with Crippen LogP contribution in [0.25, 0.3) is 0 Å². The van der Waals surface area contributed by atoms with Gasteiger partial charge >= 0.3 is 0 Å². The van der Waals surface area contributed by atoms with Gasteiger partial charge in [0.05, 0.1) is 29.1 Å². The summed E-state index contributed by atoms with van der Waals surface area (Å²) in [5.41, 5.74) is 3.21. The van der Waals surface area contributed by atoms with Crippen molar-refractivity contribution in [3.05, 3.63) is 113 Å². The molecule has 0 bridgehead atoms. The van der Waals surface area contributed by atoms with Crippen LogP contribution in [0.4, 0.5) is 11.4 Å². The lowest BCUT2D eigenvalue weighted by atomic mass is 10.1. The van der Waals surface area contributed by atoms with Crippen molar-refractivity contribution in [2.24, 2.45) is 0 Å². The van der Waals surface area contributed by atoms with Gasteiger partial charge in [0.15, 0.2) is 0 Å². The van der Waals surface area contributed by atoms with E-state index in [1.165, 1.54) is 47.8 Å². The predicted octanol–water partition coefficient (Wildman–Crippen LogP) is 5.28. The smallest absolute Gasteiger partial charge is 0.264 e. The Labute approximate surface area is 263 Å². The number of benzene rings is 4. The van der Waals surface area contributed by atoms with Gasteiger partial charge in [0.25, 0.3) is 10.0 Å². The maximum atomic E-state index is 13.8. The van der Waals surface area contributed by atoms with E-state index < -0.39 is 32.5 Å². The molecule has 9 nitrogen and oxygen atoms in total. The molecule has 0 aliphatic carbocycles. The van der Waals surface area contributed by atoms with Gasteiger partial charge in [0.2, 0.25) is 15.9 Å². The number of anilines is 2. The number of sulfonamides is 2. The molecule has 0 spiro atoms. The van der Waals surface area contributed by atoms with E-state index in [2.05, 4.69) is 5.32 Å². The molecular formula is C32H32ClN3O6S2. The summed E-state index contributed by atoms with van der Waals surface area (Å²) in [7, 11) is -6.41. The molecular weight excluding hydrogens is 622 g/mol. The zero-order valence-electron chi connectivity index (χ0n) is 24.2. The third kappa shape index (κ3) is 6.76. The van der Waals surface area contributed by atoms with Crippen LogP contribution in [0.5, 0.6) is 5.75 Å². The first kappa shape index (κ1) is 31.5.